The van der Waals surface area contributed by atoms with E-state index in [1.807, 2.05) is 0 Å². The topological polar surface area (TPSA) is 20.2 Å². The fourth-order valence-corrected chi connectivity index (χ4v) is 8.72. The van der Waals surface area contributed by atoms with Gasteiger partial charge in [0, 0.05) is 0 Å². The first-order chi connectivity index (χ1) is 7.54. The molecule has 1 nitrogen and oxygen atoms in total. The molecule has 0 amide bonds. The summed E-state index contributed by atoms with van der Waals surface area (Å²) in [5.74, 6) is 0.422. The molecule has 1 aliphatic rings. The van der Waals surface area contributed by atoms with Crippen LogP contribution in [0, 0.1) is 5.92 Å². The molecule has 88 valence electrons. The molecule has 1 aliphatic heterocycles. The maximum atomic E-state index is 9.93. The first-order valence-electron chi connectivity index (χ1n) is 5.86. The number of rotatable bonds is 1. The van der Waals surface area contributed by atoms with Crippen LogP contribution < -0.4 is 5.30 Å². The van der Waals surface area contributed by atoms with E-state index < -0.39 is 5.51 Å². The average Bonchev–Trinajstić information content (AvgIpc) is 2.28. The normalized spacial score (nSPS) is 39.6. The molecule has 0 bridgehead atoms. The summed E-state index contributed by atoms with van der Waals surface area (Å²) >= 11 is 3.51. The van der Waals surface area contributed by atoms with E-state index in [4.69, 9.17) is 0 Å². The molecule has 0 saturated carbocycles. The van der Waals surface area contributed by atoms with Crippen LogP contribution in [-0.4, -0.2) is 38.1 Å². The van der Waals surface area contributed by atoms with E-state index in [-0.39, 0.29) is 6.10 Å². The van der Waals surface area contributed by atoms with E-state index in [1.165, 1.54) is 5.30 Å². The molecular formula is C13H19OPSe. The third kappa shape index (κ3) is 2.22. The van der Waals surface area contributed by atoms with Crippen LogP contribution in [0.4, 0.5) is 0 Å². The van der Waals surface area contributed by atoms with Crippen LogP contribution in [0.5, 0.6) is 0 Å². The molecule has 16 heavy (non-hydrogen) atoms. The van der Waals surface area contributed by atoms with Gasteiger partial charge in [0.25, 0.3) is 0 Å². The Kier molecular flexibility index (Phi) is 3.76. The van der Waals surface area contributed by atoms with Crippen molar-refractivity contribution >= 4 is 25.9 Å². The van der Waals surface area contributed by atoms with Gasteiger partial charge in [-0.3, -0.25) is 0 Å². The predicted octanol–water partition coefficient (Wildman–Crippen LogP) is 2.20. The predicted molar refractivity (Wildman–Crippen MR) is 72.9 cm³/mol. The van der Waals surface area contributed by atoms with Crippen molar-refractivity contribution in [1.82, 2.24) is 0 Å². The first kappa shape index (κ1) is 12.6. The van der Waals surface area contributed by atoms with Crippen molar-refractivity contribution in [2.75, 3.05) is 6.16 Å². The molecule has 1 aromatic rings. The summed E-state index contributed by atoms with van der Waals surface area (Å²) in [5, 5.41) is 11.4. The molecule has 4 atom stereocenters. The number of aliphatic hydroxyl groups excluding tert-OH is 1. The van der Waals surface area contributed by atoms with Gasteiger partial charge in [-0.2, -0.15) is 0 Å². The Hall–Kier alpha value is 0.129. The first-order valence-corrected chi connectivity index (χ1v) is 10.1. The molecule has 1 fully saturated rings. The molecule has 3 heteroatoms. The zero-order valence-corrected chi connectivity index (χ0v) is 12.4. The minimum absolute atomic E-state index is 0.111. The van der Waals surface area contributed by atoms with Crippen LogP contribution in [0.15, 0.2) is 30.3 Å². The Labute approximate surface area is 105 Å². The summed E-state index contributed by atoms with van der Waals surface area (Å²) in [6.45, 7) is 4.46. The molecule has 0 spiro atoms. The van der Waals surface area contributed by atoms with Gasteiger partial charge in [0.15, 0.2) is 0 Å². The molecule has 0 radical (unpaired) electrons. The quantitative estimate of drug-likeness (QED) is 0.623. The summed E-state index contributed by atoms with van der Waals surface area (Å²) < 4.78 is 0. The van der Waals surface area contributed by atoms with Crippen molar-refractivity contribution in [3.63, 3.8) is 0 Å². The van der Waals surface area contributed by atoms with Crippen molar-refractivity contribution in [1.29, 1.82) is 0 Å². The minimum atomic E-state index is -1.19. The zero-order chi connectivity index (χ0) is 11.8. The second kappa shape index (κ2) is 4.78. The Bertz CT molecular complexity index is 404. The molecule has 2 rings (SSSR count). The fraction of sp³-hybridized carbons (Fsp3) is 0.538. The van der Waals surface area contributed by atoms with E-state index in [0.717, 1.165) is 12.6 Å². The standard InChI is InChI=1S/C13H19OPSe/c1-10-9-15(16,11(2)8-13(10)14)12-6-4-3-5-7-12/h3-7,10-11,13-14H,8-9H2,1-2H3/t10-,11-,13-,15+/m1/s1. The number of benzene rings is 1. The second-order valence-electron chi connectivity index (χ2n) is 4.94. The number of hydrogen-bond acceptors (Lipinski definition) is 1. The Morgan fingerprint density at radius 1 is 1.25 bits per heavy atom. The summed E-state index contributed by atoms with van der Waals surface area (Å²) in [6.07, 6.45) is 1.97. The summed E-state index contributed by atoms with van der Waals surface area (Å²) in [6, 6.07) is 10.8. The number of aliphatic hydroxyl groups is 1. The van der Waals surface area contributed by atoms with Gasteiger partial charge in [-0.15, -0.1) is 0 Å². The van der Waals surface area contributed by atoms with E-state index in [2.05, 4.69) is 59.3 Å². The van der Waals surface area contributed by atoms with Crippen LogP contribution in [0.1, 0.15) is 20.3 Å². The molecule has 1 N–H and O–H groups in total. The molecular weight excluding hydrogens is 282 g/mol. The summed E-state index contributed by atoms with van der Waals surface area (Å²) in [5.41, 5.74) is -0.587. The van der Waals surface area contributed by atoms with Gasteiger partial charge in [-0.1, -0.05) is 0 Å². The van der Waals surface area contributed by atoms with Crippen LogP contribution >= 0.6 is 5.51 Å². The molecule has 0 aromatic heterocycles. The van der Waals surface area contributed by atoms with Gasteiger partial charge in [-0.25, -0.2) is 0 Å². The van der Waals surface area contributed by atoms with Crippen LogP contribution in [0.25, 0.3) is 0 Å². The molecule has 0 aliphatic carbocycles. The van der Waals surface area contributed by atoms with E-state index >= 15 is 0 Å². The van der Waals surface area contributed by atoms with Crippen molar-refractivity contribution < 1.29 is 5.11 Å². The van der Waals surface area contributed by atoms with Crippen molar-refractivity contribution in [3.05, 3.63) is 30.3 Å². The Morgan fingerprint density at radius 2 is 1.88 bits per heavy atom. The van der Waals surface area contributed by atoms with Crippen LogP contribution in [0.2, 0.25) is 0 Å². The van der Waals surface area contributed by atoms with Gasteiger partial charge < -0.3 is 0 Å². The van der Waals surface area contributed by atoms with Crippen molar-refractivity contribution in [2.24, 2.45) is 5.92 Å². The fourth-order valence-electron chi connectivity index (χ4n) is 2.52. The van der Waals surface area contributed by atoms with Gasteiger partial charge in [-0.05, 0) is 0 Å². The summed E-state index contributed by atoms with van der Waals surface area (Å²) in [4.78, 5) is 0. The molecule has 1 saturated heterocycles. The second-order valence-corrected chi connectivity index (χ2v) is 12.4. The molecule has 1 heterocycles. The third-order valence-corrected chi connectivity index (χ3v) is 12.2. The zero-order valence-electron chi connectivity index (χ0n) is 9.84. The van der Waals surface area contributed by atoms with Crippen molar-refractivity contribution in [3.8, 4) is 0 Å². The number of hydrogen-bond donors (Lipinski definition) is 1. The van der Waals surface area contributed by atoms with Crippen molar-refractivity contribution in [2.45, 2.75) is 32.0 Å². The van der Waals surface area contributed by atoms with Gasteiger partial charge in [0.2, 0.25) is 0 Å². The Morgan fingerprint density at radius 3 is 2.50 bits per heavy atom. The molecule has 0 unspecified atom stereocenters. The van der Waals surface area contributed by atoms with Gasteiger partial charge in [0.1, 0.15) is 0 Å². The van der Waals surface area contributed by atoms with Gasteiger partial charge in [0.05, 0.1) is 0 Å². The SMILES string of the molecule is C[C@@H]1C[P@@](=[Se])(c2ccccc2)[C@H](C)C[C@H]1O. The monoisotopic (exact) mass is 302 g/mol. The molecule has 1 aromatic carbocycles. The average molecular weight is 301 g/mol. The van der Waals surface area contributed by atoms with E-state index in [1.54, 1.807) is 0 Å². The van der Waals surface area contributed by atoms with E-state index in [0.29, 0.717) is 11.6 Å². The van der Waals surface area contributed by atoms with Crippen LogP contribution in [-0.2, 0) is 0 Å². The Balaban J connectivity index is 2.35. The maximum absolute atomic E-state index is 9.93. The third-order valence-electron chi connectivity index (χ3n) is 3.70. The summed E-state index contributed by atoms with van der Waals surface area (Å²) in [7, 11) is 0. The van der Waals surface area contributed by atoms with Gasteiger partial charge >= 0.3 is 105 Å². The van der Waals surface area contributed by atoms with E-state index in [9.17, 15) is 5.11 Å². The van der Waals surface area contributed by atoms with Crippen LogP contribution in [0.3, 0.4) is 0 Å².